The Morgan fingerprint density at radius 1 is 1.20 bits per heavy atom. The second kappa shape index (κ2) is 7.76. The van der Waals surface area contributed by atoms with Gasteiger partial charge in [0.1, 0.15) is 6.26 Å². The van der Waals surface area contributed by atoms with E-state index in [1.54, 1.807) is 6.26 Å². The van der Waals surface area contributed by atoms with Crippen molar-refractivity contribution >= 4 is 0 Å². The Morgan fingerprint density at radius 3 is 2.50 bits per heavy atom. The van der Waals surface area contributed by atoms with Crippen molar-refractivity contribution in [3.63, 3.8) is 0 Å². The third-order valence-corrected chi connectivity index (χ3v) is 3.80. The van der Waals surface area contributed by atoms with E-state index in [4.69, 9.17) is 9.52 Å². The summed E-state index contributed by atoms with van der Waals surface area (Å²) in [5.41, 5.74) is 1.04. The monoisotopic (exact) mass is 281 g/mol. The van der Waals surface area contributed by atoms with E-state index in [2.05, 4.69) is 28.6 Å². The molecule has 5 heteroatoms. The van der Waals surface area contributed by atoms with Crippen LogP contribution in [-0.4, -0.2) is 59.2 Å². The van der Waals surface area contributed by atoms with Crippen molar-refractivity contribution in [2.45, 2.75) is 39.2 Å². The Kier molecular flexibility index (Phi) is 6.01. The highest BCUT2D eigenvalue weighted by molar-refractivity contribution is 4.99. The van der Waals surface area contributed by atoms with Crippen molar-refractivity contribution in [3.05, 3.63) is 17.8 Å². The quantitative estimate of drug-likeness (QED) is 0.771. The van der Waals surface area contributed by atoms with Crippen LogP contribution in [0.5, 0.6) is 0 Å². The molecule has 2 heterocycles. The van der Waals surface area contributed by atoms with Crippen LogP contribution in [0.1, 0.15) is 44.2 Å². The summed E-state index contributed by atoms with van der Waals surface area (Å²) < 4.78 is 5.48. The van der Waals surface area contributed by atoms with Gasteiger partial charge >= 0.3 is 0 Å². The van der Waals surface area contributed by atoms with Crippen molar-refractivity contribution in [1.29, 1.82) is 0 Å². The van der Waals surface area contributed by atoms with Crippen LogP contribution in [-0.2, 0) is 6.54 Å². The highest BCUT2D eigenvalue weighted by Crippen LogP contribution is 2.15. The van der Waals surface area contributed by atoms with Crippen LogP contribution in [0.3, 0.4) is 0 Å². The van der Waals surface area contributed by atoms with Gasteiger partial charge in [0.15, 0.2) is 5.89 Å². The molecule has 1 N–H and O–H groups in total. The molecule has 0 aliphatic carbocycles. The van der Waals surface area contributed by atoms with Crippen LogP contribution in [0, 0.1) is 0 Å². The van der Waals surface area contributed by atoms with Gasteiger partial charge in [-0.1, -0.05) is 13.8 Å². The van der Waals surface area contributed by atoms with Crippen LogP contribution in [0.4, 0.5) is 0 Å². The molecule has 1 aromatic rings. The lowest BCUT2D eigenvalue weighted by molar-refractivity contribution is 0.122. The Hall–Kier alpha value is -0.910. The van der Waals surface area contributed by atoms with Crippen molar-refractivity contribution in [2.24, 2.45) is 0 Å². The maximum atomic E-state index is 8.80. The minimum Gasteiger partial charge on any atom is -0.448 e. The average Bonchev–Trinajstić information content (AvgIpc) is 2.90. The molecule has 1 saturated heterocycles. The van der Waals surface area contributed by atoms with Gasteiger partial charge in [-0.25, -0.2) is 4.98 Å². The molecule has 1 fully saturated rings. The van der Waals surface area contributed by atoms with Crippen LogP contribution in [0.25, 0.3) is 0 Å². The molecule has 20 heavy (non-hydrogen) atoms. The molecule has 0 spiro atoms. The molecule has 0 atom stereocenters. The number of aliphatic hydroxyl groups excluding tert-OH is 1. The zero-order valence-electron chi connectivity index (χ0n) is 12.7. The number of aromatic nitrogens is 1. The molecule has 114 valence electrons. The lowest BCUT2D eigenvalue weighted by atomic mass is 10.2. The van der Waals surface area contributed by atoms with Crippen LogP contribution >= 0.6 is 0 Å². The number of unbranched alkanes of at least 4 members (excludes halogenated alkanes) is 1. The van der Waals surface area contributed by atoms with E-state index in [0.29, 0.717) is 12.5 Å². The van der Waals surface area contributed by atoms with E-state index in [1.807, 2.05) is 0 Å². The second-order valence-corrected chi connectivity index (χ2v) is 5.88. The fourth-order valence-electron chi connectivity index (χ4n) is 2.51. The zero-order valence-corrected chi connectivity index (χ0v) is 12.7. The molecule has 1 aromatic heterocycles. The van der Waals surface area contributed by atoms with Crippen LogP contribution < -0.4 is 0 Å². The summed E-state index contributed by atoms with van der Waals surface area (Å²) in [7, 11) is 0. The fraction of sp³-hybridized carbons (Fsp3) is 0.800. The molecular formula is C15H27N3O2. The molecule has 2 rings (SSSR count). The normalized spacial score (nSPS) is 18.0. The first-order valence-corrected chi connectivity index (χ1v) is 7.69. The third-order valence-electron chi connectivity index (χ3n) is 3.80. The number of oxazole rings is 1. The summed E-state index contributed by atoms with van der Waals surface area (Å²) in [5.74, 6) is 1.19. The zero-order chi connectivity index (χ0) is 14.4. The van der Waals surface area contributed by atoms with Gasteiger partial charge in [0.2, 0.25) is 0 Å². The third kappa shape index (κ3) is 4.58. The molecule has 5 nitrogen and oxygen atoms in total. The Morgan fingerprint density at radius 2 is 1.90 bits per heavy atom. The first-order valence-electron chi connectivity index (χ1n) is 7.69. The number of rotatable bonds is 7. The highest BCUT2D eigenvalue weighted by Gasteiger charge is 2.18. The smallest absolute Gasteiger partial charge is 0.196 e. The number of nitrogens with zero attached hydrogens (tertiary/aromatic N) is 3. The second-order valence-electron chi connectivity index (χ2n) is 5.88. The molecule has 0 aromatic carbocycles. The van der Waals surface area contributed by atoms with E-state index in [-0.39, 0.29) is 0 Å². The van der Waals surface area contributed by atoms with Gasteiger partial charge in [-0.2, -0.15) is 0 Å². The van der Waals surface area contributed by atoms with Gasteiger partial charge in [-0.15, -0.1) is 0 Å². The summed E-state index contributed by atoms with van der Waals surface area (Å²) >= 11 is 0. The maximum Gasteiger partial charge on any atom is 0.196 e. The van der Waals surface area contributed by atoms with E-state index in [0.717, 1.165) is 63.7 Å². The molecule has 0 saturated carbocycles. The van der Waals surface area contributed by atoms with Crippen molar-refractivity contribution in [3.8, 4) is 0 Å². The van der Waals surface area contributed by atoms with Crippen LogP contribution in [0.15, 0.2) is 10.7 Å². The SMILES string of the molecule is CC(C)c1nc(CN2CCN(CCCCO)CC2)co1. The molecule has 0 bridgehead atoms. The van der Waals surface area contributed by atoms with E-state index in [9.17, 15) is 0 Å². The summed E-state index contributed by atoms with van der Waals surface area (Å²) in [5, 5.41) is 8.80. The van der Waals surface area contributed by atoms with E-state index in [1.165, 1.54) is 0 Å². The Bertz CT molecular complexity index is 384. The first-order chi connectivity index (χ1) is 9.69. The van der Waals surface area contributed by atoms with Gasteiger partial charge in [0, 0.05) is 45.2 Å². The number of hydrogen-bond donors (Lipinski definition) is 1. The molecule has 0 radical (unpaired) electrons. The largest absolute Gasteiger partial charge is 0.448 e. The molecule has 1 aliphatic heterocycles. The first kappa shape index (κ1) is 15.5. The minimum atomic E-state index is 0.310. The summed E-state index contributed by atoms with van der Waals surface area (Å²) in [4.78, 5) is 9.45. The lowest BCUT2D eigenvalue weighted by Crippen LogP contribution is -2.46. The minimum absolute atomic E-state index is 0.310. The number of aliphatic hydroxyl groups is 1. The fourth-order valence-corrected chi connectivity index (χ4v) is 2.51. The molecule has 0 amide bonds. The average molecular weight is 281 g/mol. The molecule has 1 aliphatic rings. The Balaban J connectivity index is 1.71. The number of hydrogen-bond acceptors (Lipinski definition) is 5. The maximum absolute atomic E-state index is 8.80. The van der Waals surface area contributed by atoms with Gasteiger partial charge < -0.3 is 14.4 Å². The number of piperazine rings is 1. The summed E-state index contributed by atoms with van der Waals surface area (Å²) in [6, 6.07) is 0. The molecular weight excluding hydrogens is 254 g/mol. The standard InChI is InChI=1S/C15H27N3O2/c1-13(2)15-16-14(12-20-15)11-18-8-6-17(7-9-18)5-3-4-10-19/h12-13,19H,3-11H2,1-2H3. The van der Waals surface area contributed by atoms with E-state index < -0.39 is 0 Å². The van der Waals surface area contributed by atoms with Crippen LogP contribution in [0.2, 0.25) is 0 Å². The van der Waals surface area contributed by atoms with Crippen molar-refractivity contribution < 1.29 is 9.52 Å². The predicted octanol–water partition coefficient (Wildman–Crippen LogP) is 1.69. The van der Waals surface area contributed by atoms with Crippen molar-refractivity contribution in [1.82, 2.24) is 14.8 Å². The van der Waals surface area contributed by atoms with Gasteiger partial charge in [0.05, 0.1) is 5.69 Å². The topological polar surface area (TPSA) is 52.7 Å². The highest BCUT2D eigenvalue weighted by atomic mass is 16.3. The Labute approximate surface area is 121 Å². The lowest BCUT2D eigenvalue weighted by Gasteiger charge is -2.34. The van der Waals surface area contributed by atoms with Crippen molar-refractivity contribution in [2.75, 3.05) is 39.3 Å². The summed E-state index contributed by atoms with van der Waals surface area (Å²) in [6.45, 7) is 10.9. The summed E-state index contributed by atoms with van der Waals surface area (Å²) in [6.07, 6.45) is 3.80. The van der Waals surface area contributed by atoms with E-state index >= 15 is 0 Å². The van der Waals surface area contributed by atoms with Gasteiger partial charge in [-0.05, 0) is 19.4 Å². The predicted molar refractivity (Wildman–Crippen MR) is 78.6 cm³/mol. The molecule has 0 unspecified atom stereocenters. The van der Waals surface area contributed by atoms with Gasteiger partial charge in [-0.3, -0.25) is 4.90 Å². The van der Waals surface area contributed by atoms with Gasteiger partial charge in [0.25, 0.3) is 0 Å².